The van der Waals surface area contributed by atoms with Gasteiger partial charge in [-0.25, -0.2) is 0 Å². The fourth-order valence-electron chi connectivity index (χ4n) is 3.24. The Morgan fingerprint density at radius 2 is 1.48 bits per heavy atom. The van der Waals surface area contributed by atoms with E-state index < -0.39 is 0 Å². The van der Waals surface area contributed by atoms with Crippen LogP contribution in [0, 0.1) is 0 Å². The van der Waals surface area contributed by atoms with Crippen molar-refractivity contribution in [3.8, 4) is 0 Å². The van der Waals surface area contributed by atoms with Gasteiger partial charge in [0.2, 0.25) is 0 Å². The third-order valence-corrected chi connectivity index (χ3v) is 5.49. The quantitative estimate of drug-likeness (QED) is 0.460. The highest BCUT2D eigenvalue weighted by Crippen LogP contribution is 2.38. The van der Waals surface area contributed by atoms with Crippen LogP contribution in [0.4, 0.5) is 0 Å². The van der Waals surface area contributed by atoms with Gasteiger partial charge in [-0.05, 0) is 53.2 Å². The van der Waals surface area contributed by atoms with Crippen LogP contribution in [0.2, 0.25) is 5.02 Å². The molecule has 0 fully saturated rings. The zero-order chi connectivity index (χ0) is 18.8. The minimum absolute atomic E-state index is 0.0765. The van der Waals surface area contributed by atoms with E-state index in [9.17, 15) is 0 Å². The highest BCUT2D eigenvalue weighted by Gasteiger charge is 2.28. The summed E-state index contributed by atoms with van der Waals surface area (Å²) in [6.45, 7) is 0. The summed E-state index contributed by atoms with van der Waals surface area (Å²) in [6, 6.07) is 26.4. The van der Waals surface area contributed by atoms with Gasteiger partial charge in [-0.15, -0.1) is 0 Å². The average molecular weight is 456 g/mol. The third kappa shape index (κ3) is 3.93. The summed E-state index contributed by atoms with van der Waals surface area (Å²) in [5.41, 5.74) is 5.48. The maximum Gasteiger partial charge on any atom is 0.171 e. The Bertz CT molecular complexity index is 999. The van der Waals surface area contributed by atoms with Crippen molar-refractivity contribution in [3.05, 3.63) is 105 Å². The van der Waals surface area contributed by atoms with Gasteiger partial charge in [0.05, 0.1) is 11.7 Å². The number of hydrogen-bond acceptors (Lipinski definition) is 1. The lowest BCUT2D eigenvalue weighted by atomic mass is 9.88. The Balaban J connectivity index is 1.94. The molecule has 134 valence electrons. The van der Waals surface area contributed by atoms with Gasteiger partial charge in [0.25, 0.3) is 0 Å². The van der Waals surface area contributed by atoms with Crippen LogP contribution < -0.4 is 10.6 Å². The van der Waals surface area contributed by atoms with E-state index in [4.69, 9.17) is 23.8 Å². The third-order valence-electron chi connectivity index (χ3n) is 4.49. The molecule has 0 saturated heterocycles. The van der Waals surface area contributed by atoms with E-state index in [1.54, 1.807) is 0 Å². The molecular formula is C22H16BrClN2S. The van der Waals surface area contributed by atoms with E-state index in [0.717, 1.165) is 32.4 Å². The fourth-order valence-corrected chi connectivity index (χ4v) is 3.85. The van der Waals surface area contributed by atoms with Crippen molar-refractivity contribution >= 4 is 56.1 Å². The average Bonchev–Trinajstić information content (AvgIpc) is 2.69. The number of benzene rings is 3. The van der Waals surface area contributed by atoms with Crippen LogP contribution in [0.3, 0.4) is 0 Å². The normalized spacial score (nSPS) is 16.7. The first-order valence-corrected chi connectivity index (χ1v) is 10.1. The molecular weight excluding hydrogens is 440 g/mol. The van der Waals surface area contributed by atoms with Crippen LogP contribution in [-0.4, -0.2) is 5.11 Å². The lowest BCUT2D eigenvalue weighted by Crippen LogP contribution is -2.42. The van der Waals surface area contributed by atoms with E-state index in [0.29, 0.717) is 10.1 Å². The largest absolute Gasteiger partial charge is 0.351 e. The van der Waals surface area contributed by atoms with Crippen molar-refractivity contribution in [1.82, 2.24) is 10.6 Å². The van der Waals surface area contributed by atoms with Crippen molar-refractivity contribution in [2.45, 2.75) is 6.04 Å². The van der Waals surface area contributed by atoms with Gasteiger partial charge >= 0.3 is 0 Å². The number of thiocarbonyl (C=S) groups is 1. The Kier molecular flexibility index (Phi) is 5.30. The highest BCUT2D eigenvalue weighted by molar-refractivity contribution is 9.10. The summed E-state index contributed by atoms with van der Waals surface area (Å²) < 4.78 is 1.04. The molecule has 0 amide bonds. The Morgan fingerprint density at radius 3 is 2.15 bits per heavy atom. The molecule has 4 rings (SSSR count). The highest BCUT2D eigenvalue weighted by atomic mass is 79.9. The molecule has 1 heterocycles. The molecule has 27 heavy (non-hydrogen) atoms. The first kappa shape index (κ1) is 18.2. The molecule has 0 aromatic heterocycles. The van der Waals surface area contributed by atoms with Crippen LogP contribution in [0.25, 0.3) is 11.3 Å². The lowest BCUT2D eigenvalue weighted by molar-refractivity contribution is 0.785. The predicted molar refractivity (Wildman–Crippen MR) is 120 cm³/mol. The smallest absolute Gasteiger partial charge is 0.171 e. The molecule has 0 bridgehead atoms. The van der Waals surface area contributed by atoms with Crippen LogP contribution >= 0.6 is 39.7 Å². The maximum atomic E-state index is 6.10. The summed E-state index contributed by atoms with van der Waals surface area (Å²) in [4.78, 5) is 0. The van der Waals surface area contributed by atoms with Gasteiger partial charge in [0, 0.05) is 15.1 Å². The Hall–Kier alpha value is -2.14. The number of nitrogens with one attached hydrogen (secondary N) is 2. The molecule has 2 nitrogen and oxygen atoms in total. The van der Waals surface area contributed by atoms with E-state index in [1.807, 2.05) is 42.5 Å². The molecule has 0 spiro atoms. The summed E-state index contributed by atoms with van der Waals surface area (Å²) in [7, 11) is 0. The van der Waals surface area contributed by atoms with Crippen LogP contribution in [0.5, 0.6) is 0 Å². The van der Waals surface area contributed by atoms with E-state index in [2.05, 4.69) is 63.0 Å². The maximum absolute atomic E-state index is 6.10. The number of rotatable bonds is 3. The molecule has 0 saturated carbocycles. The molecule has 1 aliphatic rings. The van der Waals surface area contributed by atoms with E-state index in [1.165, 1.54) is 0 Å². The monoisotopic (exact) mass is 454 g/mol. The molecule has 3 aromatic carbocycles. The number of hydrogen-bond donors (Lipinski definition) is 2. The van der Waals surface area contributed by atoms with E-state index in [-0.39, 0.29) is 6.04 Å². The standard InChI is InChI=1S/C22H16BrClN2S/c23-17-10-6-14(7-11-17)19-20(15-4-2-1-3-5-15)25-22(27)26-21(19)16-8-12-18(24)13-9-16/h1-13,21H,(H2,25,26,27). The van der Waals surface area contributed by atoms with Gasteiger partial charge in [0.1, 0.15) is 0 Å². The summed E-state index contributed by atoms with van der Waals surface area (Å²) in [5, 5.41) is 8.11. The lowest BCUT2D eigenvalue weighted by Gasteiger charge is -2.33. The van der Waals surface area contributed by atoms with Crippen molar-refractivity contribution in [2.75, 3.05) is 0 Å². The first-order chi connectivity index (χ1) is 13.1. The summed E-state index contributed by atoms with van der Waals surface area (Å²) in [5.74, 6) is 0. The van der Waals surface area contributed by atoms with Gasteiger partial charge in [-0.3, -0.25) is 0 Å². The van der Waals surface area contributed by atoms with Crippen LogP contribution in [-0.2, 0) is 0 Å². The summed E-state index contributed by atoms with van der Waals surface area (Å²) in [6.07, 6.45) is 0. The molecule has 5 heteroatoms. The van der Waals surface area contributed by atoms with Crippen molar-refractivity contribution in [3.63, 3.8) is 0 Å². The second-order valence-corrected chi connectivity index (χ2v) is 8.00. The second-order valence-electron chi connectivity index (χ2n) is 6.24. The van der Waals surface area contributed by atoms with Gasteiger partial charge < -0.3 is 10.6 Å². The zero-order valence-corrected chi connectivity index (χ0v) is 17.4. The van der Waals surface area contributed by atoms with Crippen molar-refractivity contribution < 1.29 is 0 Å². The molecule has 3 aromatic rings. The van der Waals surface area contributed by atoms with Crippen molar-refractivity contribution in [1.29, 1.82) is 0 Å². The molecule has 1 unspecified atom stereocenters. The van der Waals surface area contributed by atoms with Gasteiger partial charge in [-0.1, -0.05) is 82.1 Å². The predicted octanol–water partition coefficient (Wildman–Crippen LogP) is 6.19. The summed E-state index contributed by atoms with van der Waals surface area (Å²) >= 11 is 15.1. The molecule has 0 radical (unpaired) electrons. The molecule has 1 atom stereocenters. The molecule has 2 N–H and O–H groups in total. The van der Waals surface area contributed by atoms with Crippen LogP contribution in [0.15, 0.2) is 83.3 Å². The van der Waals surface area contributed by atoms with Crippen molar-refractivity contribution in [2.24, 2.45) is 0 Å². The second kappa shape index (κ2) is 7.85. The SMILES string of the molecule is S=C1NC(c2ccccc2)=C(c2ccc(Br)cc2)C(c2ccc(Cl)cc2)N1. The topological polar surface area (TPSA) is 24.1 Å². The Morgan fingerprint density at radius 1 is 0.815 bits per heavy atom. The molecule has 1 aliphatic heterocycles. The zero-order valence-electron chi connectivity index (χ0n) is 14.2. The minimum atomic E-state index is -0.0765. The van der Waals surface area contributed by atoms with Crippen LogP contribution in [0.1, 0.15) is 22.7 Å². The molecule has 0 aliphatic carbocycles. The van der Waals surface area contributed by atoms with E-state index >= 15 is 0 Å². The first-order valence-electron chi connectivity index (χ1n) is 8.50. The fraction of sp³-hybridized carbons (Fsp3) is 0.0455. The van der Waals surface area contributed by atoms with Gasteiger partial charge in [0.15, 0.2) is 5.11 Å². The van der Waals surface area contributed by atoms with Gasteiger partial charge in [-0.2, -0.15) is 0 Å². The number of halogens is 2. The minimum Gasteiger partial charge on any atom is -0.351 e. The Labute approximate surface area is 177 Å².